The van der Waals surface area contributed by atoms with E-state index in [1.807, 2.05) is 56.3 Å². The zero-order valence-electron chi connectivity index (χ0n) is 17.4. The number of hydrogen-bond donors (Lipinski definition) is 0. The SMILES string of the molecule is Cc1cc(Cl)cc2sc(N(CCN(C)C)C(=O)C=Cc3ccc4c(c3)OCO4)nc12.Cl. The maximum atomic E-state index is 13.1. The number of ether oxygens (including phenoxy) is 2. The number of aryl methyl sites for hydroxylation is 1. The summed E-state index contributed by atoms with van der Waals surface area (Å²) in [6.07, 6.45) is 3.35. The van der Waals surface area contributed by atoms with Gasteiger partial charge in [0.1, 0.15) is 0 Å². The number of anilines is 1. The quantitative estimate of drug-likeness (QED) is 0.464. The largest absolute Gasteiger partial charge is 0.454 e. The van der Waals surface area contributed by atoms with Gasteiger partial charge >= 0.3 is 0 Å². The zero-order valence-corrected chi connectivity index (χ0v) is 19.8. The Kier molecular flexibility index (Phi) is 7.43. The molecule has 1 aromatic heterocycles. The Morgan fingerprint density at radius 3 is 2.74 bits per heavy atom. The highest BCUT2D eigenvalue weighted by molar-refractivity contribution is 7.22. The molecule has 4 rings (SSSR count). The van der Waals surface area contributed by atoms with Crippen molar-refractivity contribution in [2.75, 3.05) is 38.9 Å². The number of amides is 1. The van der Waals surface area contributed by atoms with Crippen molar-refractivity contribution in [3.8, 4) is 11.5 Å². The first kappa shape index (κ1) is 23.3. The van der Waals surface area contributed by atoms with Crippen LogP contribution in [0.5, 0.6) is 11.5 Å². The van der Waals surface area contributed by atoms with Gasteiger partial charge in [0.25, 0.3) is 5.91 Å². The minimum absolute atomic E-state index is 0. The highest BCUT2D eigenvalue weighted by Crippen LogP contribution is 2.34. The lowest BCUT2D eigenvalue weighted by molar-refractivity contribution is -0.114. The van der Waals surface area contributed by atoms with E-state index in [2.05, 4.69) is 0 Å². The number of nitrogens with zero attached hydrogens (tertiary/aromatic N) is 3. The summed E-state index contributed by atoms with van der Waals surface area (Å²) in [7, 11) is 3.96. The molecule has 3 aromatic rings. The number of rotatable bonds is 6. The molecule has 164 valence electrons. The van der Waals surface area contributed by atoms with Gasteiger partial charge in [-0.3, -0.25) is 9.69 Å². The fourth-order valence-electron chi connectivity index (χ4n) is 3.13. The molecule has 0 saturated carbocycles. The van der Waals surface area contributed by atoms with Crippen molar-refractivity contribution in [3.05, 3.63) is 52.6 Å². The minimum Gasteiger partial charge on any atom is -0.454 e. The molecule has 0 radical (unpaired) electrons. The van der Waals surface area contributed by atoms with Gasteiger partial charge in [-0.05, 0) is 62.5 Å². The second kappa shape index (κ2) is 9.87. The predicted octanol–water partition coefficient (Wildman–Crippen LogP) is 5.02. The molecule has 0 spiro atoms. The first-order valence-corrected chi connectivity index (χ1v) is 10.7. The van der Waals surface area contributed by atoms with Gasteiger partial charge in [0.15, 0.2) is 16.6 Å². The van der Waals surface area contributed by atoms with Crippen molar-refractivity contribution in [2.24, 2.45) is 0 Å². The molecule has 9 heteroatoms. The van der Waals surface area contributed by atoms with Gasteiger partial charge in [-0.2, -0.15) is 0 Å². The molecule has 1 aliphatic rings. The van der Waals surface area contributed by atoms with Crippen LogP contribution in [0.3, 0.4) is 0 Å². The van der Waals surface area contributed by atoms with E-state index in [4.69, 9.17) is 26.1 Å². The van der Waals surface area contributed by atoms with E-state index in [0.717, 1.165) is 33.6 Å². The van der Waals surface area contributed by atoms with Gasteiger partial charge in [0.2, 0.25) is 6.79 Å². The highest BCUT2D eigenvalue weighted by atomic mass is 35.5. The van der Waals surface area contributed by atoms with Gasteiger partial charge in [-0.1, -0.05) is 29.0 Å². The topological polar surface area (TPSA) is 54.9 Å². The molecular weight excluding hydrogens is 457 g/mol. The average molecular weight is 480 g/mol. The van der Waals surface area contributed by atoms with Crippen LogP contribution >= 0.6 is 35.3 Å². The van der Waals surface area contributed by atoms with Crippen molar-refractivity contribution in [3.63, 3.8) is 0 Å². The Morgan fingerprint density at radius 2 is 1.97 bits per heavy atom. The number of benzene rings is 2. The predicted molar refractivity (Wildman–Crippen MR) is 129 cm³/mol. The highest BCUT2D eigenvalue weighted by Gasteiger charge is 2.19. The summed E-state index contributed by atoms with van der Waals surface area (Å²) in [6.45, 7) is 3.45. The number of halogens is 2. The number of carbonyl (C=O) groups is 1. The van der Waals surface area contributed by atoms with E-state index in [-0.39, 0.29) is 25.1 Å². The summed E-state index contributed by atoms with van der Waals surface area (Å²) >= 11 is 7.67. The Hall–Kier alpha value is -2.32. The van der Waals surface area contributed by atoms with Crippen LogP contribution < -0.4 is 14.4 Å². The maximum absolute atomic E-state index is 13.1. The normalized spacial score (nSPS) is 12.5. The van der Waals surface area contributed by atoms with Crippen LogP contribution in [0.25, 0.3) is 16.3 Å². The summed E-state index contributed by atoms with van der Waals surface area (Å²) in [4.78, 5) is 21.6. The Balaban J connectivity index is 0.00000272. The summed E-state index contributed by atoms with van der Waals surface area (Å²) in [6, 6.07) is 9.38. The number of fused-ring (bicyclic) bond motifs is 2. The maximum Gasteiger partial charge on any atom is 0.252 e. The lowest BCUT2D eigenvalue weighted by Gasteiger charge is -2.20. The lowest BCUT2D eigenvalue weighted by Crippen LogP contribution is -2.35. The molecular formula is C22H23Cl2N3O3S. The molecule has 2 heterocycles. The summed E-state index contributed by atoms with van der Waals surface area (Å²) in [5.41, 5.74) is 2.74. The van der Waals surface area contributed by atoms with Gasteiger partial charge in [0.05, 0.1) is 10.2 Å². The number of carbonyl (C=O) groups excluding carboxylic acids is 1. The first-order chi connectivity index (χ1) is 14.4. The van der Waals surface area contributed by atoms with Gasteiger partial charge < -0.3 is 14.4 Å². The second-order valence-electron chi connectivity index (χ2n) is 7.31. The van der Waals surface area contributed by atoms with Crippen LogP contribution in [0.15, 0.2) is 36.4 Å². The summed E-state index contributed by atoms with van der Waals surface area (Å²) in [5.74, 6) is 1.28. The Labute approximate surface area is 196 Å². The summed E-state index contributed by atoms with van der Waals surface area (Å²) < 4.78 is 11.7. The van der Waals surface area contributed by atoms with Crippen LogP contribution in [0.1, 0.15) is 11.1 Å². The third kappa shape index (κ3) is 5.30. The molecule has 6 nitrogen and oxygen atoms in total. The minimum atomic E-state index is -0.127. The molecule has 0 saturated heterocycles. The molecule has 0 fully saturated rings. The monoisotopic (exact) mass is 479 g/mol. The number of hydrogen-bond acceptors (Lipinski definition) is 6. The van der Waals surface area contributed by atoms with E-state index < -0.39 is 0 Å². The second-order valence-corrected chi connectivity index (χ2v) is 8.75. The van der Waals surface area contributed by atoms with Crippen molar-refractivity contribution in [1.82, 2.24) is 9.88 Å². The van der Waals surface area contributed by atoms with Crippen LogP contribution in [0.2, 0.25) is 5.02 Å². The Morgan fingerprint density at radius 1 is 1.19 bits per heavy atom. The van der Waals surface area contributed by atoms with Crippen molar-refractivity contribution in [1.29, 1.82) is 0 Å². The number of likely N-dealkylation sites (N-methyl/N-ethyl adjacent to an activating group) is 1. The van der Waals surface area contributed by atoms with E-state index in [9.17, 15) is 4.79 Å². The van der Waals surface area contributed by atoms with Crippen LogP contribution in [0.4, 0.5) is 5.13 Å². The standard InChI is InChI=1S/C22H22ClN3O3S.ClH/c1-14-10-16(23)12-19-21(14)24-22(30-19)26(9-8-25(2)3)20(27)7-5-15-4-6-17-18(11-15)29-13-28-17;/h4-7,10-12H,8-9,13H2,1-3H3;1H. The van der Waals surface area contributed by atoms with E-state index >= 15 is 0 Å². The Bertz CT molecular complexity index is 1130. The third-order valence-electron chi connectivity index (χ3n) is 4.72. The van der Waals surface area contributed by atoms with Gasteiger partial charge in [0, 0.05) is 24.2 Å². The van der Waals surface area contributed by atoms with Crippen molar-refractivity contribution in [2.45, 2.75) is 6.92 Å². The molecule has 1 aliphatic heterocycles. The smallest absolute Gasteiger partial charge is 0.252 e. The fraction of sp³-hybridized carbons (Fsp3) is 0.273. The van der Waals surface area contributed by atoms with E-state index in [0.29, 0.717) is 22.4 Å². The zero-order chi connectivity index (χ0) is 21.3. The molecule has 1 amide bonds. The first-order valence-electron chi connectivity index (χ1n) is 9.51. The number of aromatic nitrogens is 1. The number of thiazole rings is 1. The molecule has 0 aliphatic carbocycles. The van der Waals surface area contributed by atoms with Gasteiger partial charge in [-0.25, -0.2) is 4.98 Å². The molecule has 2 aromatic carbocycles. The third-order valence-corrected chi connectivity index (χ3v) is 5.97. The van der Waals surface area contributed by atoms with E-state index in [1.54, 1.807) is 17.1 Å². The van der Waals surface area contributed by atoms with E-state index in [1.165, 1.54) is 11.3 Å². The van der Waals surface area contributed by atoms with Crippen LogP contribution in [-0.2, 0) is 4.79 Å². The fourth-order valence-corrected chi connectivity index (χ4v) is 4.58. The van der Waals surface area contributed by atoms with Crippen LogP contribution in [0, 0.1) is 6.92 Å². The van der Waals surface area contributed by atoms with Gasteiger partial charge in [-0.15, -0.1) is 12.4 Å². The average Bonchev–Trinajstić information content (AvgIpc) is 3.32. The summed E-state index contributed by atoms with van der Waals surface area (Å²) in [5, 5.41) is 1.33. The molecule has 0 atom stereocenters. The lowest BCUT2D eigenvalue weighted by atomic mass is 10.2. The molecule has 31 heavy (non-hydrogen) atoms. The molecule has 0 bridgehead atoms. The van der Waals surface area contributed by atoms with Crippen molar-refractivity contribution >= 4 is 62.7 Å². The van der Waals surface area contributed by atoms with Crippen LogP contribution in [-0.4, -0.2) is 49.8 Å². The molecule has 0 N–H and O–H groups in total. The molecule has 0 unspecified atom stereocenters. The van der Waals surface area contributed by atoms with Crippen molar-refractivity contribution < 1.29 is 14.3 Å².